The van der Waals surface area contributed by atoms with Gasteiger partial charge in [0.1, 0.15) is 11.5 Å². The van der Waals surface area contributed by atoms with Gasteiger partial charge in [-0.05, 0) is 59.2 Å². The maximum Gasteiger partial charge on any atom is 0.335 e. The van der Waals surface area contributed by atoms with E-state index in [4.69, 9.17) is 4.74 Å². The van der Waals surface area contributed by atoms with Crippen LogP contribution in [0.2, 0.25) is 0 Å². The predicted molar refractivity (Wildman–Crippen MR) is 135 cm³/mol. The third-order valence-electron chi connectivity index (χ3n) is 7.21. The lowest BCUT2D eigenvalue weighted by Gasteiger charge is -2.47. The second-order valence-corrected chi connectivity index (χ2v) is 9.52. The summed E-state index contributed by atoms with van der Waals surface area (Å²) in [6, 6.07) is 30.4. The lowest BCUT2D eigenvalue weighted by atomic mass is 9.46. The Labute approximate surface area is 190 Å². The molecule has 2 heterocycles. The summed E-state index contributed by atoms with van der Waals surface area (Å²) in [4.78, 5) is 2.58. The molecule has 0 atom stereocenters. The molecule has 156 valence electrons. The molecule has 3 heteroatoms. The smallest absolute Gasteiger partial charge is 0.335 e. The van der Waals surface area contributed by atoms with Gasteiger partial charge < -0.3 is 9.55 Å². The van der Waals surface area contributed by atoms with E-state index in [9.17, 15) is 0 Å². The van der Waals surface area contributed by atoms with E-state index < -0.39 is 0 Å². The number of ether oxygens (including phenoxy) is 1. The number of benzene rings is 4. The zero-order valence-corrected chi connectivity index (χ0v) is 19.0. The highest BCUT2D eigenvalue weighted by molar-refractivity contribution is 6.90. The Hall–Kier alpha value is -3.46. The van der Waals surface area contributed by atoms with E-state index in [1.165, 1.54) is 44.6 Å². The number of rotatable bonds is 1. The minimum Gasteiger partial charge on any atom is -0.458 e. The summed E-state index contributed by atoms with van der Waals surface area (Å²) in [6.45, 7) is 9.22. The molecule has 0 radical (unpaired) electrons. The minimum atomic E-state index is -0.0800. The van der Waals surface area contributed by atoms with Crippen LogP contribution in [0.5, 0.6) is 11.5 Å². The molecular formula is C29H26BNO. The van der Waals surface area contributed by atoms with Gasteiger partial charge in [0.2, 0.25) is 0 Å². The van der Waals surface area contributed by atoms with Crippen molar-refractivity contribution >= 4 is 29.1 Å². The zero-order chi connectivity index (χ0) is 22.0. The Kier molecular flexibility index (Phi) is 4.07. The summed E-state index contributed by atoms with van der Waals surface area (Å²) in [5.41, 5.74) is 10.3. The van der Waals surface area contributed by atoms with Gasteiger partial charge >= 0.3 is 6.85 Å². The summed E-state index contributed by atoms with van der Waals surface area (Å²) < 4.78 is 6.35. The Morgan fingerprint density at radius 2 is 1.09 bits per heavy atom. The summed E-state index contributed by atoms with van der Waals surface area (Å²) in [7, 11) is 0. The van der Waals surface area contributed by atoms with Gasteiger partial charge in [0.15, 0.2) is 0 Å². The molecule has 0 spiro atoms. The van der Waals surface area contributed by atoms with Crippen molar-refractivity contribution in [3.63, 3.8) is 0 Å². The van der Waals surface area contributed by atoms with Crippen molar-refractivity contribution in [2.75, 3.05) is 4.81 Å². The van der Waals surface area contributed by atoms with Gasteiger partial charge in [-0.25, -0.2) is 0 Å². The SMILES string of the molecule is Cc1cccc2c1N(B1c3ccccc3Oc3ccccc31)c1c(C)cccc1C2(C)C. The second kappa shape index (κ2) is 6.77. The molecule has 0 unspecified atom stereocenters. The van der Waals surface area contributed by atoms with E-state index in [2.05, 4.69) is 117 Å². The molecule has 0 aromatic heterocycles. The third-order valence-corrected chi connectivity index (χ3v) is 7.21. The van der Waals surface area contributed by atoms with Crippen LogP contribution in [-0.4, -0.2) is 6.85 Å². The first-order chi connectivity index (χ1) is 15.5. The molecule has 2 aliphatic heterocycles. The summed E-state index contributed by atoms with van der Waals surface area (Å²) in [5.74, 6) is 1.87. The average molecular weight is 415 g/mol. The fraction of sp³-hybridized carbons (Fsp3) is 0.172. The van der Waals surface area contributed by atoms with E-state index in [0.29, 0.717) is 0 Å². The van der Waals surface area contributed by atoms with Crippen molar-refractivity contribution in [2.24, 2.45) is 0 Å². The molecule has 0 saturated carbocycles. The molecule has 0 bridgehead atoms. The maximum atomic E-state index is 6.35. The van der Waals surface area contributed by atoms with Gasteiger partial charge in [-0.15, -0.1) is 0 Å². The van der Waals surface area contributed by atoms with Crippen molar-refractivity contribution in [3.05, 3.63) is 107 Å². The lowest BCUT2D eigenvalue weighted by Crippen LogP contribution is -2.59. The second-order valence-electron chi connectivity index (χ2n) is 9.52. The number of nitrogens with zero attached hydrogens (tertiary/aromatic N) is 1. The van der Waals surface area contributed by atoms with E-state index in [1.54, 1.807) is 0 Å². The molecule has 4 aromatic carbocycles. The Balaban J connectivity index is 1.74. The van der Waals surface area contributed by atoms with Crippen LogP contribution in [0, 0.1) is 13.8 Å². The monoisotopic (exact) mass is 415 g/mol. The third kappa shape index (κ3) is 2.54. The van der Waals surface area contributed by atoms with Crippen molar-refractivity contribution in [2.45, 2.75) is 33.1 Å². The highest BCUT2D eigenvalue weighted by Gasteiger charge is 2.45. The average Bonchev–Trinajstić information content (AvgIpc) is 2.79. The van der Waals surface area contributed by atoms with E-state index in [1.807, 2.05) is 0 Å². The fourth-order valence-corrected chi connectivity index (χ4v) is 5.64. The van der Waals surface area contributed by atoms with E-state index >= 15 is 0 Å². The first-order valence-electron chi connectivity index (χ1n) is 11.3. The van der Waals surface area contributed by atoms with Crippen LogP contribution in [0.4, 0.5) is 11.4 Å². The molecule has 32 heavy (non-hydrogen) atoms. The van der Waals surface area contributed by atoms with Crippen LogP contribution >= 0.6 is 0 Å². The number of hydrogen-bond donors (Lipinski definition) is 0. The van der Waals surface area contributed by atoms with E-state index in [-0.39, 0.29) is 12.3 Å². The number of aryl methyl sites for hydroxylation is 2. The maximum absolute atomic E-state index is 6.35. The van der Waals surface area contributed by atoms with Crippen LogP contribution in [0.25, 0.3) is 0 Å². The fourth-order valence-electron chi connectivity index (χ4n) is 5.64. The molecule has 4 aromatic rings. The number of anilines is 2. The Morgan fingerprint density at radius 3 is 1.59 bits per heavy atom. The van der Waals surface area contributed by atoms with Crippen molar-refractivity contribution in [1.82, 2.24) is 0 Å². The molecular weight excluding hydrogens is 389 g/mol. The first kappa shape index (κ1) is 19.2. The number of hydrogen-bond acceptors (Lipinski definition) is 2. The molecule has 0 N–H and O–H groups in total. The van der Waals surface area contributed by atoms with Crippen molar-refractivity contribution in [1.29, 1.82) is 0 Å². The number of para-hydroxylation sites is 4. The normalized spacial score (nSPS) is 15.2. The highest BCUT2D eigenvalue weighted by atomic mass is 16.5. The van der Waals surface area contributed by atoms with E-state index in [0.717, 1.165) is 11.5 Å². The molecule has 6 rings (SSSR count). The summed E-state index contributed by atoms with van der Waals surface area (Å²) in [6.07, 6.45) is 0. The Bertz CT molecular complexity index is 1270. The van der Waals surface area contributed by atoms with Gasteiger partial charge in [0, 0.05) is 16.8 Å². The van der Waals surface area contributed by atoms with Gasteiger partial charge in [-0.3, -0.25) is 0 Å². The molecule has 2 aliphatic rings. The molecule has 2 nitrogen and oxygen atoms in total. The van der Waals surface area contributed by atoms with Crippen LogP contribution in [0.15, 0.2) is 84.9 Å². The lowest BCUT2D eigenvalue weighted by molar-refractivity contribution is 0.487. The first-order valence-corrected chi connectivity index (χ1v) is 11.3. The summed E-state index contributed by atoms with van der Waals surface area (Å²) >= 11 is 0. The van der Waals surface area contributed by atoms with Gasteiger partial charge in [-0.2, -0.15) is 0 Å². The van der Waals surface area contributed by atoms with Crippen LogP contribution in [0.1, 0.15) is 36.1 Å². The molecule has 0 amide bonds. The van der Waals surface area contributed by atoms with Gasteiger partial charge in [0.05, 0.1) is 0 Å². The highest BCUT2D eigenvalue weighted by Crippen LogP contribution is 2.51. The minimum absolute atomic E-state index is 0.0342. The Morgan fingerprint density at radius 1 is 0.625 bits per heavy atom. The van der Waals surface area contributed by atoms with Crippen molar-refractivity contribution < 1.29 is 4.74 Å². The van der Waals surface area contributed by atoms with Gasteiger partial charge in [0.25, 0.3) is 0 Å². The van der Waals surface area contributed by atoms with Crippen molar-refractivity contribution in [3.8, 4) is 11.5 Å². The molecule has 0 aliphatic carbocycles. The number of fused-ring (bicyclic) bond motifs is 4. The predicted octanol–water partition coefficient (Wildman–Crippen LogP) is 5.99. The topological polar surface area (TPSA) is 12.5 Å². The van der Waals surface area contributed by atoms with Crippen LogP contribution < -0.4 is 20.5 Å². The molecule has 0 fully saturated rings. The van der Waals surface area contributed by atoms with Crippen LogP contribution in [0.3, 0.4) is 0 Å². The standard InChI is InChI=1S/C29H26BNO/c1-19-11-9-13-21-27(19)31(28-20(2)12-10-14-22(28)29(21,3)4)30-23-15-5-7-17-25(23)32-26-18-8-6-16-24(26)30/h5-18H,1-4H3. The largest absolute Gasteiger partial charge is 0.458 e. The zero-order valence-electron chi connectivity index (χ0n) is 19.0. The summed E-state index contributed by atoms with van der Waals surface area (Å²) in [5, 5.41) is 0. The molecule has 0 saturated heterocycles. The van der Waals surface area contributed by atoms with Gasteiger partial charge in [-0.1, -0.05) is 86.6 Å². The quantitative estimate of drug-likeness (QED) is 0.354. The van der Waals surface area contributed by atoms with Crippen LogP contribution in [-0.2, 0) is 5.41 Å².